The molecular weight excluding hydrogens is 457 g/mol. The topological polar surface area (TPSA) is 117 Å². The number of nitrogens with one attached hydrogen (secondary N) is 1. The number of benzene rings is 2. The van der Waals surface area contributed by atoms with Crippen LogP contribution >= 0.6 is 0 Å². The zero-order valence-electron chi connectivity index (χ0n) is 17.4. The summed E-state index contributed by atoms with van der Waals surface area (Å²) in [5.41, 5.74) is -1.74. The summed E-state index contributed by atoms with van der Waals surface area (Å²) in [5, 5.41) is 0. The van der Waals surface area contributed by atoms with Gasteiger partial charge in [-0.1, -0.05) is 36.4 Å². The molecule has 9 nitrogen and oxygen atoms in total. The van der Waals surface area contributed by atoms with Gasteiger partial charge in [0.1, 0.15) is 12.7 Å². The minimum Gasteiger partial charge on any atom is -0.459 e. The quantitative estimate of drug-likeness (QED) is 0.543. The molecule has 0 bridgehead atoms. The van der Waals surface area contributed by atoms with Crippen molar-refractivity contribution < 1.29 is 32.6 Å². The predicted octanol–water partition coefficient (Wildman–Crippen LogP) is 2.15. The minimum absolute atomic E-state index is 0.0167. The highest BCUT2D eigenvalue weighted by molar-refractivity contribution is 5.90. The molecule has 3 aromatic rings. The first kappa shape index (κ1) is 23.1. The van der Waals surface area contributed by atoms with Crippen molar-refractivity contribution in [3.63, 3.8) is 0 Å². The predicted molar refractivity (Wildman–Crippen MR) is 113 cm³/mol. The maximum absolute atomic E-state index is 15.4. The van der Waals surface area contributed by atoms with Crippen LogP contribution in [0, 0.1) is 0 Å². The SMILES string of the molecule is O=C(OC[C@H]1O[C@@H]([15n]2ccc(=O)[15nH][13c]2=O)C(F)(F)[C@@H]1OC(=O)c1ccccc1)c1ccccc1. The van der Waals surface area contributed by atoms with Crippen LogP contribution < -0.4 is 11.2 Å². The number of aromatic nitrogens is 2. The summed E-state index contributed by atoms with van der Waals surface area (Å²) in [6.07, 6.45) is -5.20. The summed E-state index contributed by atoms with van der Waals surface area (Å²) in [5.74, 6) is -5.77. The van der Waals surface area contributed by atoms with Crippen molar-refractivity contribution in [2.45, 2.75) is 24.4 Å². The van der Waals surface area contributed by atoms with Crippen LogP contribution in [0.2, 0.25) is 0 Å². The number of H-pyrrole nitrogens is 1. The summed E-state index contributed by atoms with van der Waals surface area (Å²) in [6, 6.07) is 16.1. The Balaban J connectivity index is 1.62. The van der Waals surface area contributed by atoms with E-state index in [1.165, 1.54) is 36.4 Å². The molecule has 1 aliphatic heterocycles. The van der Waals surface area contributed by atoms with E-state index >= 15 is 8.78 Å². The molecule has 0 saturated carbocycles. The van der Waals surface area contributed by atoms with Crippen LogP contribution in [0.1, 0.15) is 26.9 Å². The monoisotopic (exact) mass is 475 g/mol. The molecule has 0 amide bonds. The van der Waals surface area contributed by atoms with E-state index in [2.05, 4.69) is 0 Å². The number of esters is 2. The normalized spacial score (nSPS) is 21.1. The zero-order chi connectivity index (χ0) is 24.3. The van der Waals surface area contributed by atoms with Gasteiger partial charge in [0.05, 0.1) is 11.1 Å². The lowest BCUT2D eigenvalue weighted by Crippen LogP contribution is -2.45. The highest BCUT2D eigenvalue weighted by Crippen LogP contribution is 2.44. The van der Waals surface area contributed by atoms with E-state index in [0.29, 0.717) is 4.57 Å². The van der Waals surface area contributed by atoms with Crippen molar-refractivity contribution in [1.29, 1.82) is 0 Å². The van der Waals surface area contributed by atoms with E-state index in [9.17, 15) is 19.2 Å². The molecule has 3 atom stereocenters. The zero-order valence-corrected chi connectivity index (χ0v) is 17.4. The number of carbonyl (C=O) groups excluding carboxylic acids is 2. The van der Waals surface area contributed by atoms with Gasteiger partial charge >= 0.3 is 23.6 Å². The van der Waals surface area contributed by atoms with Gasteiger partial charge in [0, 0.05) is 12.3 Å². The molecular formula is C23H18F2N2O7. The lowest BCUT2D eigenvalue weighted by Gasteiger charge is -2.24. The Hall–Kier alpha value is -4.12. The van der Waals surface area contributed by atoms with Crippen molar-refractivity contribution in [2.24, 2.45) is 0 Å². The number of halogens is 2. The molecule has 1 N–H and O–H groups in total. The fourth-order valence-corrected chi connectivity index (χ4v) is 3.43. The number of alkyl halides is 2. The van der Waals surface area contributed by atoms with E-state index in [1.807, 2.05) is 4.98 Å². The Labute approximate surface area is 190 Å². The van der Waals surface area contributed by atoms with E-state index in [0.717, 1.165) is 12.3 Å². The maximum atomic E-state index is 15.4. The third-order valence-corrected chi connectivity index (χ3v) is 5.09. The summed E-state index contributed by atoms with van der Waals surface area (Å²) in [6.45, 7) is -0.690. The molecule has 1 aliphatic rings. The Morgan fingerprint density at radius 2 is 1.53 bits per heavy atom. The van der Waals surface area contributed by atoms with Gasteiger partial charge in [0.25, 0.3) is 5.56 Å². The summed E-state index contributed by atoms with van der Waals surface area (Å²) >= 11 is 0. The van der Waals surface area contributed by atoms with Gasteiger partial charge in [-0.25, -0.2) is 14.4 Å². The van der Waals surface area contributed by atoms with Crippen molar-refractivity contribution in [3.8, 4) is 0 Å². The molecule has 0 spiro atoms. The van der Waals surface area contributed by atoms with Gasteiger partial charge in [0.15, 0.2) is 6.10 Å². The third kappa shape index (κ3) is 4.64. The average molecular weight is 475 g/mol. The second kappa shape index (κ2) is 9.40. The van der Waals surface area contributed by atoms with Crippen LogP contribution in [-0.4, -0.2) is 46.2 Å². The Morgan fingerprint density at radius 1 is 0.941 bits per heavy atom. The fraction of sp³-hybridized carbons (Fsp3) is 0.217. The number of ether oxygens (including phenoxy) is 3. The van der Waals surface area contributed by atoms with Gasteiger partial charge in [-0.2, -0.15) is 8.78 Å². The van der Waals surface area contributed by atoms with Crippen molar-refractivity contribution >= 4 is 11.9 Å². The first-order valence-corrected chi connectivity index (χ1v) is 10.1. The number of rotatable bonds is 6. The molecule has 1 aromatic heterocycles. The number of hydrogen-bond acceptors (Lipinski definition) is 7. The maximum Gasteiger partial charge on any atom is 0.338 e. The molecule has 0 radical (unpaired) electrons. The smallest absolute Gasteiger partial charge is 0.338 e. The van der Waals surface area contributed by atoms with E-state index in [1.54, 1.807) is 24.3 Å². The van der Waals surface area contributed by atoms with Crippen LogP contribution in [0.15, 0.2) is 82.5 Å². The molecule has 34 heavy (non-hydrogen) atoms. The van der Waals surface area contributed by atoms with Crippen LogP contribution in [-0.2, 0) is 14.2 Å². The Morgan fingerprint density at radius 3 is 2.12 bits per heavy atom. The van der Waals surface area contributed by atoms with Crippen LogP contribution in [0.4, 0.5) is 8.78 Å². The molecule has 0 unspecified atom stereocenters. The lowest BCUT2D eigenvalue weighted by atomic mass is 10.1. The van der Waals surface area contributed by atoms with Crippen molar-refractivity contribution in [3.05, 3.63) is 105 Å². The van der Waals surface area contributed by atoms with Crippen LogP contribution in [0.5, 0.6) is 0 Å². The highest BCUT2D eigenvalue weighted by atomic mass is 19.3. The van der Waals surface area contributed by atoms with Gasteiger partial charge in [-0.05, 0) is 24.3 Å². The molecule has 11 heteroatoms. The molecule has 4 rings (SSSR count). The van der Waals surface area contributed by atoms with Gasteiger partial charge in [-0.3, -0.25) is 14.3 Å². The molecule has 1 fully saturated rings. The fourth-order valence-electron chi connectivity index (χ4n) is 3.43. The van der Waals surface area contributed by atoms with Crippen molar-refractivity contribution in [2.75, 3.05) is 6.61 Å². The summed E-state index contributed by atoms with van der Waals surface area (Å²) in [4.78, 5) is 50.1. The Bertz CT molecular complexity index is 1290. The van der Waals surface area contributed by atoms with Gasteiger partial charge < -0.3 is 14.2 Å². The van der Waals surface area contributed by atoms with E-state index < -0.39 is 54.2 Å². The standard InChI is InChI=1S/C23H18F2N2O7/c24-23(25)18(34-20(30)15-9-5-2-6-10-15)16(13-32-19(29)14-7-3-1-4-8-14)33-21(23)27-12-11-17(28)26-22(27)31/h1-12,16,18,21H,13H2,(H,26,28,31)/t16-,18-,21-/m1/s1/i22+1,26+1,27+1. The van der Waals surface area contributed by atoms with Crippen LogP contribution in [0.3, 0.4) is 0 Å². The first-order chi connectivity index (χ1) is 16.3. The molecule has 176 valence electrons. The average Bonchev–Trinajstić information content (AvgIpc) is 3.08. The lowest BCUT2D eigenvalue weighted by molar-refractivity contribution is -0.142. The third-order valence-electron chi connectivity index (χ3n) is 5.09. The van der Waals surface area contributed by atoms with Crippen LogP contribution in [0.25, 0.3) is 0 Å². The van der Waals surface area contributed by atoms with Gasteiger partial charge in [0.2, 0.25) is 6.23 Å². The van der Waals surface area contributed by atoms with E-state index in [4.69, 9.17) is 14.2 Å². The second-order valence-corrected chi connectivity index (χ2v) is 7.38. The number of nitrogens with zero attached hydrogens (tertiary/aromatic N) is 1. The number of hydrogen-bond donors (Lipinski definition) is 1. The van der Waals surface area contributed by atoms with Crippen molar-refractivity contribution in [1.82, 2.24) is 9.55 Å². The minimum atomic E-state index is -3.92. The first-order valence-electron chi connectivity index (χ1n) is 10.1. The summed E-state index contributed by atoms with van der Waals surface area (Å²) < 4.78 is 46.9. The Kier molecular flexibility index (Phi) is 6.37. The highest BCUT2D eigenvalue weighted by Gasteiger charge is 2.62. The number of carbonyl (C=O) groups is 2. The van der Waals surface area contributed by atoms with E-state index in [-0.39, 0.29) is 11.1 Å². The molecule has 2 aromatic carbocycles. The largest absolute Gasteiger partial charge is 0.459 e. The molecule has 1 saturated heterocycles. The molecule has 0 aliphatic carbocycles. The second-order valence-electron chi connectivity index (χ2n) is 7.38. The number of aromatic amines is 1. The summed E-state index contributed by atoms with van der Waals surface area (Å²) in [7, 11) is 0. The van der Waals surface area contributed by atoms with Gasteiger partial charge in [-0.15, -0.1) is 0 Å². The molecule has 2 heterocycles.